The molecule has 5 rings (SSSR count). The zero-order chi connectivity index (χ0) is 23.7. The SMILES string of the molecule is COc1ccc(-c2[nH]c3ccc(C4CCN(OC(=O)N5CCCC5)CC4)cc3c2C)cc1OC. The molecule has 1 amide bonds. The number of hydroxylamine groups is 2. The van der Waals surface area contributed by atoms with E-state index in [1.54, 1.807) is 14.2 Å². The van der Waals surface area contributed by atoms with E-state index in [0.29, 0.717) is 5.92 Å². The molecule has 1 N–H and O–H groups in total. The topological polar surface area (TPSA) is 67.0 Å². The summed E-state index contributed by atoms with van der Waals surface area (Å²) in [6, 6.07) is 12.7. The van der Waals surface area contributed by atoms with Gasteiger partial charge in [0.15, 0.2) is 11.5 Å². The Morgan fingerprint density at radius 2 is 1.68 bits per heavy atom. The number of nitrogens with one attached hydrogen (secondary N) is 1. The van der Waals surface area contributed by atoms with Crippen LogP contribution in [-0.2, 0) is 4.84 Å². The summed E-state index contributed by atoms with van der Waals surface area (Å²) in [6.45, 7) is 5.33. The molecule has 0 bridgehead atoms. The van der Waals surface area contributed by atoms with Crippen LogP contribution >= 0.6 is 0 Å². The maximum absolute atomic E-state index is 12.3. The van der Waals surface area contributed by atoms with Crippen LogP contribution < -0.4 is 9.47 Å². The van der Waals surface area contributed by atoms with Gasteiger partial charge in [0, 0.05) is 48.3 Å². The Labute approximate surface area is 200 Å². The number of ether oxygens (including phenoxy) is 2. The van der Waals surface area contributed by atoms with Gasteiger partial charge in [-0.25, -0.2) is 4.79 Å². The van der Waals surface area contributed by atoms with Gasteiger partial charge in [0.05, 0.1) is 14.2 Å². The Balaban J connectivity index is 1.30. The number of fused-ring (bicyclic) bond motifs is 1. The predicted molar refractivity (Wildman–Crippen MR) is 132 cm³/mol. The summed E-state index contributed by atoms with van der Waals surface area (Å²) in [5, 5.41) is 3.08. The number of carbonyl (C=O) groups excluding carboxylic acids is 1. The van der Waals surface area contributed by atoms with Crippen molar-refractivity contribution in [2.75, 3.05) is 40.4 Å². The third kappa shape index (κ3) is 4.32. The molecule has 0 unspecified atom stereocenters. The van der Waals surface area contributed by atoms with Crippen LogP contribution in [-0.4, -0.2) is 61.4 Å². The highest BCUT2D eigenvalue weighted by Gasteiger charge is 2.27. The number of amides is 1. The number of aromatic amines is 1. The number of piperidine rings is 1. The van der Waals surface area contributed by atoms with Gasteiger partial charge < -0.3 is 24.2 Å². The maximum Gasteiger partial charge on any atom is 0.428 e. The molecular weight excluding hydrogens is 430 g/mol. The minimum Gasteiger partial charge on any atom is -0.493 e. The number of benzene rings is 2. The third-order valence-electron chi connectivity index (χ3n) is 7.25. The molecule has 0 atom stereocenters. The molecule has 0 aliphatic carbocycles. The number of aryl methyl sites for hydroxylation is 1. The molecule has 7 heteroatoms. The normalized spacial score (nSPS) is 17.3. The van der Waals surface area contributed by atoms with E-state index in [0.717, 1.165) is 80.1 Å². The van der Waals surface area contributed by atoms with E-state index >= 15 is 0 Å². The molecule has 34 heavy (non-hydrogen) atoms. The Bertz CT molecular complexity index is 1170. The molecule has 2 aromatic carbocycles. The summed E-state index contributed by atoms with van der Waals surface area (Å²) in [4.78, 5) is 23.3. The van der Waals surface area contributed by atoms with Crippen molar-refractivity contribution < 1.29 is 19.1 Å². The Hall–Kier alpha value is -3.19. The zero-order valence-corrected chi connectivity index (χ0v) is 20.2. The molecule has 7 nitrogen and oxygen atoms in total. The molecular formula is C27H33N3O4. The number of hydrogen-bond acceptors (Lipinski definition) is 5. The standard InChI is InChI=1S/C27H33N3O4/c1-18-22-16-20(19-10-14-30(15-11-19)34-27(31)29-12-4-5-13-29)6-8-23(22)28-26(18)21-7-9-24(32-2)25(17-21)33-3/h6-9,16-17,19,28H,4-5,10-15H2,1-3H3. The summed E-state index contributed by atoms with van der Waals surface area (Å²) in [5.74, 6) is 1.90. The largest absolute Gasteiger partial charge is 0.493 e. The Kier molecular flexibility index (Phi) is 6.37. The monoisotopic (exact) mass is 463 g/mol. The number of nitrogens with zero attached hydrogens (tertiary/aromatic N) is 2. The Morgan fingerprint density at radius 1 is 0.941 bits per heavy atom. The lowest BCUT2D eigenvalue weighted by atomic mass is 9.89. The highest BCUT2D eigenvalue weighted by atomic mass is 16.7. The summed E-state index contributed by atoms with van der Waals surface area (Å²) < 4.78 is 10.9. The van der Waals surface area contributed by atoms with Crippen molar-refractivity contribution in [3.05, 3.63) is 47.5 Å². The second-order valence-corrected chi connectivity index (χ2v) is 9.25. The van der Waals surface area contributed by atoms with Crippen molar-refractivity contribution in [1.29, 1.82) is 0 Å². The average Bonchev–Trinajstić information content (AvgIpc) is 3.53. The van der Waals surface area contributed by atoms with Crippen LogP contribution in [0.15, 0.2) is 36.4 Å². The highest BCUT2D eigenvalue weighted by molar-refractivity contribution is 5.91. The smallest absolute Gasteiger partial charge is 0.428 e. The van der Waals surface area contributed by atoms with E-state index in [4.69, 9.17) is 14.3 Å². The number of methoxy groups -OCH3 is 2. The summed E-state index contributed by atoms with van der Waals surface area (Å²) in [6.07, 6.45) is 3.91. The van der Waals surface area contributed by atoms with Gasteiger partial charge in [-0.2, -0.15) is 0 Å². The lowest BCUT2D eigenvalue weighted by Gasteiger charge is -2.31. The number of rotatable bonds is 5. The minimum atomic E-state index is -0.192. The second-order valence-electron chi connectivity index (χ2n) is 9.25. The van der Waals surface area contributed by atoms with Crippen LogP contribution in [0.5, 0.6) is 11.5 Å². The quantitative estimate of drug-likeness (QED) is 0.542. The summed E-state index contributed by atoms with van der Waals surface area (Å²) >= 11 is 0. The van der Waals surface area contributed by atoms with Crippen molar-refractivity contribution in [3.63, 3.8) is 0 Å². The van der Waals surface area contributed by atoms with Crippen LogP contribution in [0.3, 0.4) is 0 Å². The minimum absolute atomic E-state index is 0.192. The van der Waals surface area contributed by atoms with E-state index in [2.05, 4.69) is 36.2 Å². The number of aromatic nitrogens is 1. The molecule has 0 spiro atoms. The zero-order valence-electron chi connectivity index (χ0n) is 20.2. The van der Waals surface area contributed by atoms with E-state index < -0.39 is 0 Å². The molecule has 2 saturated heterocycles. The first-order valence-electron chi connectivity index (χ1n) is 12.1. The fourth-order valence-corrected chi connectivity index (χ4v) is 5.23. The van der Waals surface area contributed by atoms with Gasteiger partial charge in [-0.05, 0) is 80.0 Å². The van der Waals surface area contributed by atoms with Gasteiger partial charge in [0.25, 0.3) is 0 Å². The molecule has 180 valence electrons. The molecule has 0 saturated carbocycles. The fourth-order valence-electron chi connectivity index (χ4n) is 5.23. The van der Waals surface area contributed by atoms with Crippen LogP contribution in [0.25, 0.3) is 22.2 Å². The van der Waals surface area contributed by atoms with Gasteiger partial charge >= 0.3 is 6.09 Å². The highest BCUT2D eigenvalue weighted by Crippen LogP contribution is 2.37. The van der Waals surface area contributed by atoms with Gasteiger partial charge in [-0.1, -0.05) is 6.07 Å². The van der Waals surface area contributed by atoms with Crippen LogP contribution in [0, 0.1) is 6.92 Å². The van der Waals surface area contributed by atoms with Crippen molar-refractivity contribution in [1.82, 2.24) is 14.9 Å². The van der Waals surface area contributed by atoms with Crippen molar-refractivity contribution in [3.8, 4) is 22.8 Å². The van der Waals surface area contributed by atoms with Crippen molar-refractivity contribution >= 4 is 17.0 Å². The lowest BCUT2D eigenvalue weighted by molar-refractivity contribution is -0.123. The first-order valence-corrected chi connectivity index (χ1v) is 12.1. The Morgan fingerprint density at radius 3 is 2.38 bits per heavy atom. The van der Waals surface area contributed by atoms with Gasteiger partial charge in [0.1, 0.15) is 0 Å². The van der Waals surface area contributed by atoms with Gasteiger partial charge in [0.2, 0.25) is 0 Å². The molecule has 1 aromatic heterocycles. The number of carbonyl (C=O) groups is 1. The van der Waals surface area contributed by atoms with Crippen molar-refractivity contribution in [2.45, 2.75) is 38.5 Å². The number of likely N-dealkylation sites (tertiary alicyclic amines) is 1. The van der Waals surface area contributed by atoms with Gasteiger partial charge in [-0.3, -0.25) is 0 Å². The predicted octanol–water partition coefficient (Wildman–Crippen LogP) is 5.49. The molecule has 2 aliphatic heterocycles. The van der Waals surface area contributed by atoms with Gasteiger partial charge in [-0.15, -0.1) is 5.06 Å². The average molecular weight is 464 g/mol. The van der Waals surface area contributed by atoms with Crippen molar-refractivity contribution in [2.24, 2.45) is 0 Å². The van der Waals surface area contributed by atoms with E-state index in [-0.39, 0.29) is 6.09 Å². The summed E-state index contributed by atoms with van der Waals surface area (Å²) in [5.41, 5.74) is 5.86. The first kappa shape index (κ1) is 22.6. The summed E-state index contributed by atoms with van der Waals surface area (Å²) in [7, 11) is 3.31. The third-order valence-corrected chi connectivity index (χ3v) is 7.25. The number of hydrogen-bond donors (Lipinski definition) is 1. The van der Waals surface area contributed by atoms with E-state index in [1.807, 2.05) is 22.1 Å². The van der Waals surface area contributed by atoms with E-state index in [9.17, 15) is 4.79 Å². The lowest BCUT2D eigenvalue weighted by Crippen LogP contribution is -2.39. The maximum atomic E-state index is 12.3. The van der Waals surface area contributed by atoms with Crippen LogP contribution in [0.4, 0.5) is 4.79 Å². The molecule has 2 fully saturated rings. The molecule has 3 aromatic rings. The second kappa shape index (κ2) is 9.58. The molecule has 3 heterocycles. The molecule has 0 radical (unpaired) electrons. The van der Waals surface area contributed by atoms with E-state index in [1.165, 1.54) is 16.5 Å². The van der Waals surface area contributed by atoms with Crippen LogP contribution in [0.1, 0.15) is 42.7 Å². The molecule has 2 aliphatic rings. The first-order chi connectivity index (χ1) is 16.6. The fraction of sp³-hybridized carbons (Fsp3) is 0.444. The number of H-pyrrole nitrogens is 1. The van der Waals surface area contributed by atoms with Crippen LogP contribution in [0.2, 0.25) is 0 Å².